The Hall–Kier alpha value is -3.38. The summed E-state index contributed by atoms with van der Waals surface area (Å²) in [5.74, 6) is 1.28. The standard InChI is InChI=1S/C23H22FN3O2/c1-28-21-4-2-3-16(12-21)11-19(25)15-29-22-9-10-23-17(13-22)14-26-27(23)20-7-5-18(24)6-8-20/h2-10,12-14,19H,11,15,25H2,1H3/t19-/m0/s1. The maximum absolute atomic E-state index is 13.2. The normalized spacial score (nSPS) is 12.1. The molecule has 0 saturated carbocycles. The van der Waals surface area contributed by atoms with Gasteiger partial charge < -0.3 is 15.2 Å². The molecular formula is C23H22FN3O2. The highest BCUT2D eigenvalue weighted by Crippen LogP contribution is 2.23. The average Bonchev–Trinajstić information content (AvgIpc) is 3.16. The van der Waals surface area contributed by atoms with Crippen LogP contribution in [0.2, 0.25) is 0 Å². The average molecular weight is 391 g/mol. The van der Waals surface area contributed by atoms with Crippen LogP contribution in [0.15, 0.2) is 72.9 Å². The lowest BCUT2D eigenvalue weighted by Crippen LogP contribution is -2.30. The van der Waals surface area contributed by atoms with Gasteiger partial charge in [0.15, 0.2) is 0 Å². The highest BCUT2D eigenvalue weighted by atomic mass is 19.1. The highest BCUT2D eigenvalue weighted by molar-refractivity contribution is 5.81. The first-order chi connectivity index (χ1) is 14.1. The van der Waals surface area contributed by atoms with Crippen molar-refractivity contribution in [2.45, 2.75) is 12.5 Å². The van der Waals surface area contributed by atoms with Crippen LogP contribution in [0.5, 0.6) is 11.5 Å². The number of aromatic nitrogens is 2. The summed E-state index contributed by atoms with van der Waals surface area (Å²) in [6, 6.07) is 19.7. The molecule has 0 radical (unpaired) electrons. The van der Waals surface area contributed by atoms with E-state index in [1.54, 1.807) is 30.1 Å². The minimum Gasteiger partial charge on any atom is -0.497 e. The number of rotatable bonds is 7. The lowest BCUT2D eigenvalue weighted by atomic mass is 10.1. The molecule has 0 aliphatic heterocycles. The number of fused-ring (bicyclic) bond motifs is 1. The fourth-order valence-corrected chi connectivity index (χ4v) is 3.25. The molecule has 0 bridgehead atoms. The minimum atomic E-state index is -0.272. The number of nitrogens with zero attached hydrogens (tertiary/aromatic N) is 2. The van der Waals surface area contributed by atoms with E-state index >= 15 is 0 Å². The van der Waals surface area contributed by atoms with Crippen LogP contribution in [0.1, 0.15) is 5.56 Å². The van der Waals surface area contributed by atoms with Gasteiger partial charge in [-0.25, -0.2) is 9.07 Å². The van der Waals surface area contributed by atoms with Crippen LogP contribution in [0.25, 0.3) is 16.6 Å². The zero-order valence-electron chi connectivity index (χ0n) is 16.1. The van der Waals surface area contributed by atoms with E-state index < -0.39 is 0 Å². The molecule has 3 aromatic carbocycles. The Bertz CT molecular complexity index is 1110. The van der Waals surface area contributed by atoms with E-state index in [0.717, 1.165) is 33.7 Å². The van der Waals surface area contributed by atoms with Crippen LogP contribution in [0, 0.1) is 5.82 Å². The number of halogens is 1. The van der Waals surface area contributed by atoms with Crippen LogP contribution in [0.3, 0.4) is 0 Å². The van der Waals surface area contributed by atoms with Crippen molar-refractivity contribution in [1.82, 2.24) is 9.78 Å². The molecule has 2 N–H and O–H groups in total. The van der Waals surface area contributed by atoms with E-state index in [0.29, 0.717) is 13.0 Å². The van der Waals surface area contributed by atoms with E-state index in [9.17, 15) is 4.39 Å². The monoisotopic (exact) mass is 391 g/mol. The third-order valence-corrected chi connectivity index (χ3v) is 4.71. The van der Waals surface area contributed by atoms with E-state index in [1.165, 1.54) is 12.1 Å². The number of hydrogen-bond donors (Lipinski definition) is 1. The summed E-state index contributed by atoms with van der Waals surface area (Å²) < 4.78 is 26.1. The van der Waals surface area contributed by atoms with Gasteiger partial charge in [-0.2, -0.15) is 5.10 Å². The molecule has 0 aliphatic carbocycles. The lowest BCUT2D eigenvalue weighted by Gasteiger charge is -2.14. The van der Waals surface area contributed by atoms with Crippen molar-refractivity contribution in [3.05, 3.63) is 84.3 Å². The van der Waals surface area contributed by atoms with Crippen LogP contribution in [-0.4, -0.2) is 29.5 Å². The first-order valence-electron chi connectivity index (χ1n) is 9.37. The van der Waals surface area contributed by atoms with Gasteiger partial charge in [-0.3, -0.25) is 0 Å². The van der Waals surface area contributed by atoms with Gasteiger partial charge >= 0.3 is 0 Å². The van der Waals surface area contributed by atoms with Crippen molar-refractivity contribution >= 4 is 10.9 Å². The molecule has 148 valence electrons. The van der Waals surface area contributed by atoms with Gasteiger partial charge in [0.25, 0.3) is 0 Å². The highest BCUT2D eigenvalue weighted by Gasteiger charge is 2.09. The van der Waals surface area contributed by atoms with Gasteiger partial charge in [0, 0.05) is 11.4 Å². The molecule has 0 saturated heterocycles. The molecule has 0 aliphatic rings. The largest absolute Gasteiger partial charge is 0.497 e. The van der Waals surface area contributed by atoms with Crippen molar-refractivity contribution in [3.8, 4) is 17.2 Å². The Labute approximate surface area is 168 Å². The van der Waals surface area contributed by atoms with E-state index in [4.69, 9.17) is 15.2 Å². The molecule has 1 heterocycles. The number of benzene rings is 3. The Morgan fingerprint density at radius 2 is 1.86 bits per heavy atom. The van der Waals surface area contributed by atoms with Crippen LogP contribution in [0.4, 0.5) is 4.39 Å². The quantitative estimate of drug-likeness (QED) is 0.515. The van der Waals surface area contributed by atoms with Crippen molar-refractivity contribution in [1.29, 1.82) is 0 Å². The molecule has 4 rings (SSSR count). The van der Waals surface area contributed by atoms with E-state index in [1.807, 2.05) is 42.5 Å². The Morgan fingerprint density at radius 1 is 1.03 bits per heavy atom. The maximum Gasteiger partial charge on any atom is 0.123 e. The second-order valence-electron chi connectivity index (χ2n) is 6.88. The molecule has 4 aromatic rings. The fourth-order valence-electron chi connectivity index (χ4n) is 3.25. The second kappa shape index (κ2) is 8.32. The minimum absolute atomic E-state index is 0.139. The summed E-state index contributed by atoms with van der Waals surface area (Å²) in [4.78, 5) is 0. The van der Waals surface area contributed by atoms with Gasteiger partial charge in [0.2, 0.25) is 0 Å². The Morgan fingerprint density at radius 3 is 2.66 bits per heavy atom. The molecule has 0 amide bonds. The topological polar surface area (TPSA) is 62.3 Å². The molecule has 0 spiro atoms. The predicted molar refractivity (Wildman–Crippen MR) is 111 cm³/mol. The summed E-state index contributed by atoms with van der Waals surface area (Å²) in [5.41, 5.74) is 9.07. The molecular weight excluding hydrogens is 369 g/mol. The molecule has 1 atom stereocenters. The first-order valence-corrected chi connectivity index (χ1v) is 9.37. The lowest BCUT2D eigenvalue weighted by molar-refractivity contribution is 0.288. The van der Waals surface area contributed by atoms with Crippen LogP contribution >= 0.6 is 0 Å². The van der Waals surface area contributed by atoms with Gasteiger partial charge in [-0.1, -0.05) is 12.1 Å². The van der Waals surface area contributed by atoms with Crippen molar-refractivity contribution in [3.63, 3.8) is 0 Å². The van der Waals surface area contributed by atoms with Crippen LogP contribution in [-0.2, 0) is 6.42 Å². The van der Waals surface area contributed by atoms with Gasteiger partial charge in [-0.15, -0.1) is 0 Å². The van der Waals surface area contributed by atoms with Gasteiger partial charge in [0.05, 0.1) is 24.5 Å². The maximum atomic E-state index is 13.2. The smallest absolute Gasteiger partial charge is 0.123 e. The predicted octanol–water partition coefficient (Wildman–Crippen LogP) is 4.12. The number of ether oxygens (including phenoxy) is 2. The summed E-state index contributed by atoms with van der Waals surface area (Å²) in [7, 11) is 1.65. The first kappa shape index (κ1) is 19.0. The molecule has 6 heteroatoms. The molecule has 1 aromatic heterocycles. The molecule has 29 heavy (non-hydrogen) atoms. The Balaban J connectivity index is 1.43. The number of nitrogens with two attached hydrogens (primary N) is 1. The van der Waals surface area contributed by atoms with E-state index in [-0.39, 0.29) is 11.9 Å². The zero-order valence-corrected chi connectivity index (χ0v) is 16.1. The molecule has 0 fully saturated rings. The summed E-state index contributed by atoms with van der Waals surface area (Å²) >= 11 is 0. The Kier molecular flexibility index (Phi) is 5.44. The third kappa shape index (κ3) is 4.38. The summed E-state index contributed by atoms with van der Waals surface area (Å²) in [6.07, 6.45) is 2.46. The third-order valence-electron chi connectivity index (χ3n) is 4.71. The van der Waals surface area contributed by atoms with Crippen molar-refractivity contribution in [2.75, 3.05) is 13.7 Å². The SMILES string of the molecule is COc1cccc(C[C@H](N)COc2ccc3c(cnn3-c3ccc(F)cc3)c2)c1. The zero-order chi connectivity index (χ0) is 20.2. The fraction of sp³-hybridized carbons (Fsp3) is 0.174. The summed E-state index contributed by atoms with van der Waals surface area (Å²) in [6.45, 7) is 0.398. The van der Waals surface area contributed by atoms with E-state index in [2.05, 4.69) is 5.10 Å². The summed E-state index contributed by atoms with van der Waals surface area (Å²) in [5, 5.41) is 5.34. The number of methoxy groups -OCH3 is 1. The molecule has 5 nitrogen and oxygen atoms in total. The second-order valence-corrected chi connectivity index (χ2v) is 6.88. The number of hydrogen-bond acceptors (Lipinski definition) is 4. The van der Waals surface area contributed by atoms with Gasteiger partial charge in [0.1, 0.15) is 23.9 Å². The molecule has 0 unspecified atom stereocenters. The van der Waals surface area contributed by atoms with Gasteiger partial charge in [-0.05, 0) is 66.6 Å². The van der Waals surface area contributed by atoms with Crippen molar-refractivity contribution < 1.29 is 13.9 Å². The van der Waals surface area contributed by atoms with Crippen LogP contribution < -0.4 is 15.2 Å². The van der Waals surface area contributed by atoms with Crippen molar-refractivity contribution in [2.24, 2.45) is 5.73 Å².